The second-order valence-corrected chi connectivity index (χ2v) is 7.97. The van der Waals surface area contributed by atoms with E-state index in [-0.39, 0.29) is 0 Å². The third kappa shape index (κ3) is 4.29. The summed E-state index contributed by atoms with van der Waals surface area (Å²) in [7, 11) is 0. The quantitative estimate of drug-likeness (QED) is 0.655. The molecule has 1 fully saturated rings. The van der Waals surface area contributed by atoms with Gasteiger partial charge in [0.05, 0.1) is 0 Å². The Morgan fingerprint density at radius 1 is 0.769 bits per heavy atom. The molecule has 2 aliphatic rings. The summed E-state index contributed by atoms with van der Waals surface area (Å²) in [6.07, 6.45) is 9.23. The van der Waals surface area contributed by atoms with E-state index in [0.29, 0.717) is 6.04 Å². The molecule has 0 aromatic heterocycles. The fraction of sp³-hybridized carbons (Fsp3) is 0.500. The van der Waals surface area contributed by atoms with Gasteiger partial charge < -0.3 is 9.80 Å². The molecule has 0 bridgehead atoms. The number of piperidine rings is 1. The summed E-state index contributed by atoms with van der Waals surface area (Å²) in [5.41, 5.74) is 4.49. The Morgan fingerprint density at radius 3 is 2.12 bits per heavy atom. The van der Waals surface area contributed by atoms with Crippen LogP contribution in [0.25, 0.3) is 0 Å². The molecule has 4 rings (SSSR count). The first-order valence-electron chi connectivity index (χ1n) is 10.5. The van der Waals surface area contributed by atoms with Crippen LogP contribution in [0, 0.1) is 0 Å². The van der Waals surface area contributed by atoms with Gasteiger partial charge in [-0.1, -0.05) is 48.9 Å². The lowest BCUT2D eigenvalue weighted by molar-refractivity contribution is 0.225. The predicted molar refractivity (Wildman–Crippen MR) is 111 cm³/mol. The van der Waals surface area contributed by atoms with Crippen molar-refractivity contribution < 1.29 is 0 Å². The van der Waals surface area contributed by atoms with Crippen molar-refractivity contribution in [2.75, 3.05) is 31.1 Å². The summed E-state index contributed by atoms with van der Waals surface area (Å²) in [6, 6.07) is 20.7. The topological polar surface area (TPSA) is 6.48 Å². The molecule has 1 aliphatic heterocycles. The van der Waals surface area contributed by atoms with Crippen LogP contribution in [0.3, 0.4) is 0 Å². The van der Waals surface area contributed by atoms with Gasteiger partial charge in [0.1, 0.15) is 0 Å². The molecule has 0 radical (unpaired) electrons. The summed E-state index contributed by atoms with van der Waals surface area (Å²) < 4.78 is 0. The van der Waals surface area contributed by atoms with Gasteiger partial charge in [-0.3, -0.25) is 0 Å². The van der Waals surface area contributed by atoms with E-state index >= 15 is 0 Å². The predicted octanol–water partition coefficient (Wildman–Crippen LogP) is 4.93. The Morgan fingerprint density at radius 2 is 1.42 bits per heavy atom. The fourth-order valence-corrected chi connectivity index (χ4v) is 4.70. The Hall–Kier alpha value is -1.80. The van der Waals surface area contributed by atoms with Crippen LogP contribution in [0.2, 0.25) is 0 Å². The highest BCUT2D eigenvalue weighted by Crippen LogP contribution is 2.29. The van der Waals surface area contributed by atoms with Crippen molar-refractivity contribution in [2.24, 2.45) is 0 Å². The Kier molecular flexibility index (Phi) is 5.91. The molecule has 2 nitrogen and oxygen atoms in total. The third-order valence-corrected chi connectivity index (χ3v) is 6.13. The summed E-state index contributed by atoms with van der Waals surface area (Å²) in [5, 5.41) is 0. The Balaban J connectivity index is 1.36. The van der Waals surface area contributed by atoms with Gasteiger partial charge in [-0.15, -0.1) is 0 Å². The number of hydrogen-bond acceptors (Lipinski definition) is 2. The number of para-hydroxylation sites is 1. The monoisotopic (exact) mass is 348 g/mol. The highest BCUT2D eigenvalue weighted by atomic mass is 15.2. The maximum Gasteiger partial charge on any atom is 0.0370 e. The smallest absolute Gasteiger partial charge is 0.0370 e. The standard InChI is InChI=1S/C24H32N2/c1-3-13-23(14-4-1)26(18-10-9-17-25-15-7-2-8-16-25)24-19-21-11-5-6-12-22(21)20-24/h1,3-6,11-14,24H,2,7-10,15-20H2. The number of rotatable bonds is 7. The van der Waals surface area contributed by atoms with Gasteiger partial charge in [-0.25, -0.2) is 0 Å². The van der Waals surface area contributed by atoms with Gasteiger partial charge in [0.15, 0.2) is 0 Å². The second-order valence-electron chi connectivity index (χ2n) is 7.97. The minimum absolute atomic E-state index is 0.616. The van der Waals surface area contributed by atoms with E-state index in [2.05, 4.69) is 64.4 Å². The van der Waals surface area contributed by atoms with E-state index in [1.165, 1.54) is 76.8 Å². The first kappa shape index (κ1) is 17.6. The van der Waals surface area contributed by atoms with Crippen LogP contribution in [0.5, 0.6) is 0 Å². The largest absolute Gasteiger partial charge is 0.368 e. The van der Waals surface area contributed by atoms with Crippen LogP contribution in [-0.4, -0.2) is 37.1 Å². The summed E-state index contributed by atoms with van der Waals surface area (Å²) in [4.78, 5) is 5.35. The number of unbranched alkanes of at least 4 members (excludes halogenated alkanes) is 1. The molecule has 1 saturated heterocycles. The van der Waals surface area contributed by atoms with E-state index in [9.17, 15) is 0 Å². The van der Waals surface area contributed by atoms with Gasteiger partial charge in [0, 0.05) is 18.3 Å². The zero-order valence-electron chi connectivity index (χ0n) is 15.9. The normalized spacial score (nSPS) is 18.0. The molecule has 0 N–H and O–H groups in total. The summed E-state index contributed by atoms with van der Waals surface area (Å²) in [6.45, 7) is 5.10. The van der Waals surface area contributed by atoms with E-state index in [1.54, 1.807) is 11.1 Å². The SMILES string of the molecule is c1ccc(N(CCCCN2CCCCC2)C2Cc3ccccc3C2)cc1. The fourth-order valence-electron chi connectivity index (χ4n) is 4.70. The van der Waals surface area contributed by atoms with Gasteiger partial charge in [-0.05, 0) is 81.4 Å². The Bertz CT molecular complexity index is 651. The highest BCUT2D eigenvalue weighted by molar-refractivity contribution is 5.49. The second kappa shape index (κ2) is 8.73. The molecular weight excluding hydrogens is 316 g/mol. The van der Waals surface area contributed by atoms with Gasteiger partial charge in [-0.2, -0.15) is 0 Å². The van der Waals surface area contributed by atoms with Crippen molar-refractivity contribution in [2.45, 2.75) is 51.0 Å². The first-order valence-corrected chi connectivity index (χ1v) is 10.5. The van der Waals surface area contributed by atoms with Crippen LogP contribution >= 0.6 is 0 Å². The van der Waals surface area contributed by atoms with Crippen molar-refractivity contribution in [1.29, 1.82) is 0 Å². The van der Waals surface area contributed by atoms with Crippen LogP contribution in [0.4, 0.5) is 5.69 Å². The molecule has 2 heteroatoms. The average molecular weight is 349 g/mol. The van der Waals surface area contributed by atoms with Crippen molar-refractivity contribution in [1.82, 2.24) is 4.90 Å². The molecule has 0 saturated carbocycles. The molecule has 0 unspecified atom stereocenters. The van der Waals surface area contributed by atoms with Gasteiger partial charge in [0.2, 0.25) is 0 Å². The minimum Gasteiger partial charge on any atom is -0.368 e. The van der Waals surface area contributed by atoms with E-state index < -0.39 is 0 Å². The molecule has 2 aromatic rings. The molecule has 26 heavy (non-hydrogen) atoms. The highest BCUT2D eigenvalue weighted by Gasteiger charge is 2.26. The lowest BCUT2D eigenvalue weighted by atomic mass is 10.1. The third-order valence-electron chi connectivity index (χ3n) is 6.13. The maximum absolute atomic E-state index is 2.68. The molecule has 0 amide bonds. The van der Waals surface area contributed by atoms with Crippen molar-refractivity contribution in [3.63, 3.8) is 0 Å². The Labute approximate surface area is 158 Å². The molecule has 0 spiro atoms. The lowest BCUT2D eigenvalue weighted by Crippen LogP contribution is -2.37. The lowest BCUT2D eigenvalue weighted by Gasteiger charge is -2.32. The number of benzene rings is 2. The van der Waals surface area contributed by atoms with Crippen molar-refractivity contribution >= 4 is 5.69 Å². The maximum atomic E-state index is 2.68. The molecule has 1 aliphatic carbocycles. The number of hydrogen-bond donors (Lipinski definition) is 0. The molecule has 1 heterocycles. The van der Waals surface area contributed by atoms with Gasteiger partial charge in [0.25, 0.3) is 0 Å². The van der Waals surface area contributed by atoms with E-state index in [0.717, 1.165) is 0 Å². The number of nitrogens with zero attached hydrogens (tertiary/aromatic N) is 2. The van der Waals surface area contributed by atoms with E-state index in [1.807, 2.05) is 0 Å². The molecule has 0 atom stereocenters. The molecule has 2 aromatic carbocycles. The van der Waals surface area contributed by atoms with Gasteiger partial charge >= 0.3 is 0 Å². The number of likely N-dealkylation sites (tertiary alicyclic amines) is 1. The first-order chi connectivity index (χ1) is 12.9. The zero-order chi connectivity index (χ0) is 17.6. The average Bonchev–Trinajstić information content (AvgIpc) is 3.13. The van der Waals surface area contributed by atoms with Crippen molar-refractivity contribution in [3.8, 4) is 0 Å². The summed E-state index contributed by atoms with van der Waals surface area (Å²) in [5.74, 6) is 0. The van der Waals surface area contributed by atoms with Crippen LogP contribution in [0.1, 0.15) is 43.2 Å². The molecular formula is C24H32N2. The minimum atomic E-state index is 0.616. The van der Waals surface area contributed by atoms with Crippen molar-refractivity contribution in [3.05, 3.63) is 65.7 Å². The summed E-state index contributed by atoms with van der Waals surface area (Å²) >= 11 is 0. The molecule has 138 valence electrons. The number of fused-ring (bicyclic) bond motifs is 1. The van der Waals surface area contributed by atoms with Crippen LogP contribution in [-0.2, 0) is 12.8 Å². The van der Waals surface area contributed by atoms with Crippen LogP contribution < -0.4 is 4.90 Å². The van der Waals surface area contributed by atoms with E-state index in [4.69, 9.17) is 0 Å². The zero-order valence-corrected chi connectivity index (χ0v) is 15.9. The number of anilines is 1. The van der Waals surface area contributed by atoms with Crippen LogP contribution in [0.15, 0.2) is 54.6 Å².